The minimum atomic E-state index is 0.637. The molecular formula is C23H28ClN3OS3. The molecule has 0 radical (unpaired) electrons. The zero-order chi connectivity index (χ0) is 22.4. The highest BCUT2D eigenvalue weighted by atomic mass is 35.5. The Morgan fingerprint density at radius 2 is 1.87 bits per heavy atom. The third-order valence-electron chi connectivity index (χ3n) is 4.99. The number of ether oxygens (including phenoxy) is 1. The van der Waals surface area contributed by atoms with Crippen molar-refractivity contribution in [3.8, 4) is 0 Å². The number of hydrogen-bond donors (Lipinski definition) is 1. The lowest BCUT2D eigenvalue weighted by Gasteiger charge is -2.25. The number of aryl methyl sites for hydroxylation is 1. The van der Waals surface area contributed by atoms with Crippen molar-refractivity contribution in [2.24, 2.45) is 7.05 Å². The largest absolute Gasteiger partial charge is 0.379 e. The number of aromatic nitrogens is 1. The quantitative estimate of drug-likeness (QED) is 0.444. The van der Waals surface area contributed by atoms with Crippen LogP contribution in [-0.4, -0.2) is 40.8 Å². The average molecular weight is 494 g/mol. The summed E-state index contributed by atoms with van der Waals surface area (Å²) in [6, 6.07) is 9.98. The molecule has 0 spiro atoms. The van der Waals surface area contributed by atoms with Gasteiger partial charge in [-0.25, -0.2) is 0 Å². The van der Waals surface area contributed by atoms with E-state index in [1.807, 2.05) is 44.3 Å². The molecule has 1 N–H and O–H groups in total. The molecule has 0 amide bonds. The number of hydrogen-bond acceptors (Lipinski definition) is 5. The molecule has 0 bridgehead atoms. The van der Waals surface area contributed by atoms with Gasteiger partial charge >= 0.3 is 0 Å². The summed E-state index contributed by atoms with van der Waals surface area (Å²) in [5.41, 5.74) is 2.02. The number of thiophene rings is 1. The number of nitrogens with one attached hydrogen (secondary N) is 1. The Morgan fingerprint density at radius 1 is 1.19 bits per heavy atom. The average Bonchev–Trinajstić information content (AvgIpc) is 3.22. The SMILES string of the molecule is CC.Cn1cc(C(=S)NCc2ccc(Cl)cc2)c(=S)c2cc(CN3CCOCC3)sc21. The van der Waals surface area contributed by atoms with Gasteiger partial charge in [-0.05, 0) is 23.8 Å². The maximum Gasteiger partial charge on any atom is 0.109 e. The van der Waals surface area contributed by atoms with Crippen LogP contribution < -0.4 is 5.32 Å². The summed E-state index contributed by atoms with van der Waals surface area (Å²) >= 11 is 19.2. The van der Waals surface area contributed by atoms with Crippen LogP contribution in [0, 0.1) is 4.51 Å². The van der Waals surface area contributed by atoms with Gasteiger partial charge in [-0.2, -0.15) is 0 Å². The highest BCUT2D eigenvalue weighted by Crippen LogP contribution is 2.29. The molecule has 4 nitrogen and oxygen atoms in total. The fourth-order valence-corrected chi connectivity index (χ4v) is 5.34. The number of nitrogens with zero attached hydrogens (tertiary/aromatic N) is 2. The van der Waals surface area contributed by atoms with E-state index in [9.17, 15) is 0 Å². The number of halogens is 1. The van der Waals surface area contributed by atoms with Gasteiger partial charge in [0.05, 0.1) is 17.7 Å². The number of thiocarbonyl (C=S) groups is 1. The molecule has 1 saturated heterocycles. The molecule has 3 aromatic rings. The summed E-state index contributed by atoms with van der Waals surface area (Å²) in [5.74, 6) is 0. The summed E-state index contributed by atoms with van der Waals surface area (Å²) in [6.07, 6.45) is 2.04. The molecule has 2 aromatic heterocycles. The van der Waals surface area contributed by atoms with Crippen LogP contribution in [0.4, 0.5) is 0 Å². The molecule has 8 heteroatoms. The molecule has 1 aliphatic rings. The van der Waals surface area contributed by atoms with E-state index in [1.54, 1.807) is 11.3 Å². The second-order valence-electron chi connectivity index (χ2n) is 7.11. The van der Waals surface area contributed by atoms with Gasteiger partial charge in [0.1, 0.15) is 9.82 Å². The first-order chi connectivity index (χ1) is 15.0. The molecule has 0 aliphatic carbocycles. The molecule has 0 unspecified atom stereocenters. The molecule has 0 saturated carbocycles. The van der Waals surface area contributed by atoms with Gasteiger partial charge in [0.2, 0.25) is 0 Å². The van der Waals surface area contributed by atoms with Crippen LogP contribution in [0.25, 0.3) is 10.2 Å². The summed E-state index contributed by atoms with van der Waals surface area (Å²) in [7, 11) is 2.05. The predicted molar refractivity (Wildman–Crippen MR) is 139 cm³/mol. The summed E-state index contributed by atoms with van der Waals surface area (Å²) in [5, 5.41) is 5.16. The Kier molecular flexibility index (Phi) is 9.01. The smallest absolute Gasteiger partial charge is 0.109 e. The molecule has 1 fully saturated rings. The Hall–Kier alpha value is -1.35. The van der Waals surface area contributed by atoms with Crippen LogP contribution in [0.2, 0.25) is 5.02 Å². The first kappa shape index (κ1) is 24.3. The second kappa shape index (κ2) is 11.5. The van der Waals surface area contributed by atoms with Crippen LogP contribution in [0.1, 0.15) is 29.9 Å². The minimum absolute atomic E-state index is 0.637. The van der Waals surface area contributed by atoms with Gasteiger partial charge in [-0.15, -0.1) is 11.3 Å². The minimum Gasteiger partial charge on any atom is -0.379 e. The van der Waals surface area contributed by atoms with Crippen LogP contribution >= 0.6 is 47.4 Å². The second-order valence-corrected chi connectivity index (χ2v) is 9.48. The van der Waals surface area contributed by atoms with E-state index >= 15 is 0 Å². The predicted octanol–water partition coefficient (Wildman–Crippen LogP) is 5.95. The first-order valence-corrected chi connectivity index (χ1v) is 12.5. The van der Waals surface area contributed by atoms with Gasteiger partial charge < -0.3 is 14.6 Å². The maximum atomic E-state index is 5.96. The molecule has 1 aliphatic heterocycles. The van der Waals surface area contributed by atoms with Crippen LogP contribution in [0.15, 0.2) is 36.5 Å². The van der Waals surface area contributed by atoms with Crippen molar-refractivity contribution in [3.63, 3.8) is 0 Å². The lowest BCUT2D eigenvalue weighted by Crippen LogP contribution is -2.35. The van der Waals surface area contributed by atoms with Gasteiger partial charge in [0.15, 0.2) is 0 Å². The zero-order valence-electron chi connectivity index (χ0n) is 18.1. The van der Waals surface area contributed by atoms with Crippen molar-refractivity contribution in [1.29, 1.82) is 0 Å². The van der Waals surface area contributed by atoms with E-state index in [0.29, 0.717) is 11.5 Å². The van der Waals surface area contributed by atoms with Crippen LogP contribution in [0.5, 0.6) is 0 Å². The number of pyridine rings is 1. The van der Waals surface area contributed by atoms with E-state index in [4.69, 9.17) is 40.8 Å². The van der Waals surface area contributed by atoms with Gasteiger partial charge in [0, 0.05) is 60.3 Å². The third kappa shape index (κ3) is 6.12. The monoisotopic (exact) mass is 493 g/mol. The number of rotatable bonds is 5. The van der Waals surface area contributed by atoms with E-state index in [1.165, 1.54) is 9.71 Å². The normalized spacial score (nSPS) is 14.2. The lowest BCUT2D eigenvalue weighted by molar-refractivity contribution is 0.0346. The Balaban J connectivity index is 0.00000132. The summed E-state index contributed by atoms with van der Waals surface area (Å²) in [4.78, 5) is 5.60. The molecule has 4 rings (SSSR count). The topological polar surface area (TPSA) is 29.4 Å². The van der Waals surface area contributed by atoms with Crippen molar-refractivity contribution in [1.82, 2.24) is 14.8 Å². The number of fused-ring (bicyclic) bond motifs is 1. The van der Waals surface area contributed by atoms with Crippen LogP contribution in [-0.2, 0) is 24.9 Å². The van der Waals surface area contributed by atoms with Gasteiger partial charge in [-0.1, -0.05) is 62.0 Å². The fourth-order valence-electron chi connectivity index (χ4n) is 3.41. The van der Waals surface area contributed by atoms with E-state index in [0.717, 1.165) is 58.9 Å². The molecular weight excluding hydrogens is 466 g/mol. The number of benzene rings is 1. The van der Waals surface area contributed by atoms with Crippen molar-refractivity contribution in [2.75, 3.05) is 26.3 Å². The van der Waals surface area contributed by atoms with Gasteiger partial charge in [0.25, 0.3) is 0 Å². The fraction of sp³-hybridized carbons (Fsp3) is 0.391. The maximum absolute atomic E-state index is 5.96. The summed E-state index contributed by atoms with van der Waals surface area (Å²) in [6.45, 7) is 9.14. The zero-order valence-corrected chi connectivity index (χ0v) is 21.3. The van der Waals surface area contributed by atoms with Crippen molar-refractivity contribution >= 4 is 62.6 Å². The lowest BCUT2D eigenvalue weighted by atomic mass is 10.2. The van der Waals surface area contributed by atoms with Crippen molar-refractivity contribution in [3.05, 3.63) is 62.1 Å². The Bertz CT molecular complexity index is 1090. The highest BCUT2D eigenvalue weighted by molar-refractivity contribution is 7.80. The molecule has 31 heavy (non-hydrogen) atoms. The van der Waals surface area contributed by atoms with Crippen LogP contribution in [0.3, 0.4) is 0 Å². The third-order valence-corrected chi connectivity index (χ3v) is 7.26. The van der Waals surface area contributed by atoms with E-state index in [-0.39, 0.29) is 0 Å². The standard InChI is InChI=1S/C21H22ClN3OS3.C2H6/c1-24-13-18(20(28)23-11-14-2-4-15(22)5-3-14)19(27)17-10-16(29-21(17)24)12-25-6-8-26-9-7-25;1-2/h2-5,10,13H,6-9,11-12H2,1H3,(H,23,28);1-2H3. The summed E-state index contributed by atoms with van der Waals surface area (Å²) < 4.78 is 8.40. The van der Waals surface area contributed by atoms with E-state index in [2.05, 4.69) is 27.9 Å². The first-order valence-electron chi connectivity index (χ1n) is 10.5. The van der Waals surface area contributed by atoms with Gasteiger partial charge in [-0.3, -0.25) is 4.90 Å². The molecule has 166 valence electrons. The Morgan fingerprint density at radius 3 is 2.55 bits per heavy atom. The molecule has 3 heterocycles. The highest BCUT2D eigenvalue weighted by Gasteiger charge is 2.15. The van der Waals surface area contributed by atoms with Crippen molar-refractivity contribution in [2.45, 2.75) is 26.9 Å². The number of morpholine rings is 1. The van der Waals surface area contributed by atoms with Crippen molar-refractivity contribution < 1.29 is 4.74 Å². The Labute approximate surface area is 203 Å². The molecule has 1 aromatic carbocycles. The van der Waals surface area contributed by atoms with E-state index < -0.39 is 0 Å². The molecule has 0 atom stereocenters.